The maximum absolute atomic E-state index is 12.8. The van der Waals surface area contributed by atoms with E-state index in [0.29, 0.717) is 40.7 Å². The summed E-state index contributed by atoms with van der Waals surface area (Å²) in [7, 11) is 0. The van der Waals surface area contributed by atoms with E-state index in [4.69, 9.17) is 9.26 Å². The summed E-state index contributed by atoms with van der Waals surface area (Å²) in [6, 6.07) is 1.76. The van der Waals surface area contributed by atoms with Crippen LogP contribution < -0.4 is 5.32 Å². The van der Waals surface area contributed by atoms with Crippen molar-refractivity contribution >= 4 is 23.0 Å². The van der Waals surface area contributed by atoms with Crippen molar-refractivity contribution in [3.05, 3.63) is 23.0 Å². The van der Waals surface area contributed by atoms with Crippen LogP contribution in [0.25, 0.3) is 11.1 Å². The first-order chi connectivity index (χ1) is 13.5. The molecule has 28 heavy (non-hydrogen) atoms. The Morgan fingerprint density at radius 3 is 2.71 bits per heavy atom. The number of rotatable bonds is 6. The summed E-state index contributed by atoms with van der Waals surface area (Å²) >= 11 is 0. The molecular formula is C21H27N3O4. The number of carbonyl (C=O) groups is 2. The SMILES string of the molecule is Cc1noc2nc(C3CC3)cc(C(=O)OC(C)C(=O)NCC3CCCCC3)c12. The number of nitrogens with one attached hydrogen (secondary N) is 1. The lowest BCUT2D eigenvalue weighted by atomic mass is 9.89. The standard InChI is InChI=1S/C21H27N3O4/c1-12-18-16(10-17(15-8-9-15)23-20(18)28-24-12)21(26)27-13(2)19(25)22-11-14-6-4-3-5-7-14/h10,13-15H,3-9,11H2,1-2H3,(H,22,25). The molecule has 1 unspecified atom stereocenters. The first-order valence-electron chi connectivity index (χ1n) is 10.3. The smallest absolute Gasteiger partial charge is 0.339 e. The fourth-order valence-electron chi connectivity index (χ4n) is 3.92. The number of hydrogen-bond acceptors (Lipinski definition) is 6. The van der Waals surface area contributed by atoms with E-state index in [2.05, 4.69) is 15.5 Å². The second kappa shape index (κ2) is 7.89. The number of nitrogens with zero attached hydrogens (tertiary/aromatic N) is 2. The first kappa shape index (κ1) is 18.9. The molecule has 0 spiro atoms. The predicted octanol–water partition coefficient (Wildman–Crippen LogP) is 3.65. The molecule has 2 aromatic rings. The Labute approximate surface area is 164 Å². The van der Waals surface area contributed by atoms with Crippen molar-refractivity contribution in [2.45, 2.75) is 70.8 Å². The van der Waals surface area contributed by atoms with Gasteiger partial charge in [0.1, 0.15) is 0 Å². The lowest BCUT2D eigenvalue weighted by molar-refractivity contribution is -0.129. The average molecular weight is 385 g/mol. The van der Waals surface area contributed by atoms with Crippen LogP contribution >= 0.6 is 0 Å². The molecule has 2 fully saturated rings. The Kier molecular flexibility index (Phi) is 5.33. The van der Waals surface area contributed by atoms with Crippen LogP contribution in [0.4, 0.5) is 0 Å². The van der Waals surface area contributed by atoms with E-state index < -0.39 is 12.1 Å². The van der Waals surface area contributed by atoms with Crippen LogP contribution in [0.15, 0.2) is 10.6 Å². The van der Waals surface area contributed by atoms with E-state index in [1.807, 2.05) is 0 Å². The summed E-state index contributed by atoms with van der Waals surface area (Å²) in [5.41, 5.74) is 2.14. The van der Waals surface area contributed by atoms with E-state index >= 15 is 0 Å². The molecule has 2 aromatic heterocycles. The summed E-state index contributed by atoms with van der Waals surface area (Å²) in [6.45, 7) is 4.02. The molecular weight excluding hydrogens is 358 g/mol. The van der Waals surface area contributed by atoms with E-state index in [1.54, 1.807) is 19.9 Å². The summed E-state index contributed by atoms with van der Waals surface area (Å²) in [5.74, 6) is 0.0911. The van der Waals surface area contributed by atoms with Gasteiger partial charge >= 0.3 is 5.97 Å². The third kappa shape index (κ3) is 4.03. The maximum Gasteiger partial charge on any atom is 0.339 e. The van der Waals surface area contributed by atoms with Gasteiger partial charge < -0.3 is 14.6 Å². The van der Waals surface area contributed by atoms with Gasteiger partial charge in [0.25, 0.3) is 11.6 Å². The second-order valence-electron chi connectivity index (χ2n) is 8.11. The van der Waals surface area contributed by atoms with Crippen LogP contribution in [0, 0.1) is 12.8 Å². The van der Waals surface area contributed by atoms with Gasteiger partial charge in [-0.05, 0) is 51.5 Å². The highest BCUT2D eigenvalue weighted by Crippen LogP contribution is 2.40. The zero-order valence-electron chi connectivity index (χ0n) is 16.5. The maximum atomic E-state index is 12.8. The topological polar surface area (TPSA) is 94.3 Å². The molecule has 0 aliphatic heterocycles. The van der Waals surface area contributed by atoms with Crippen molar-refractivity contribution in [1.29, 1.82) is 0 Å². The highest BCUT2D eigenvalue weighted by Gasteiger charge is 2.30. The fourth-order valence-corrected chi connectivity index (χ4v) is 3.92. The van der Waals surface area contributed by atoms with Crippen molar-refractivity contribution in [2.75, 3.05) is 6.54 Å². The van der Waals surface area contributed by atoms with Crippen LogP contribution in [-0.2, 0) is 9.53 Å². The van der Waals surface area contributed by atoms with Crippen molar-refractivity contribution in [1.82, 2.24) is 15.5 Å². The molecule has 2 aliphatic carbocycles. The van der Waals surface area contributed by atoms with Crippen LogP contribution in [-0.4, -0.2) is 34.7 Å². The molecule has 0 saturated heterocycles. The molecule has 0 bridgehead atoms. The molecule has 2 heterocycles. The van der Waals surface area contributed by atoms with Gasteiger partial charge in [-0.2, -0.15) is 0 Å². The third-order valence-corrected chi connectivity index (χ3v) is 5.80. The van der Waals surface area contributed by atoms with Crippen molar-refractivity contribution < 1.29 is 18.8 Å². The highest BCUT2D eigenvalue weighted by molar-refractivity contribution is 6.04. The molecule has 150 valence electrons. The number of fused-ring (bicyclic) bond motifs is 1. The Balaban J connectivity index is 1.43. The zero-order chi connectivity index (χ0) is 19.7. The van der Waals surface area contributed by atoms with Gasteiger partial charge in [0, 0.05) is 18.2 Å². The Morgan fingerprint density at radius 2 is 2.00 bits per heavy atom. The molecule has 2 saturated carbocycles. The number of pyridine rings is 1. The number of hydrogen-bond donors (Lipinski definition) is 1. The summed E-state index contributed by atoms with van der Waals surface area (Å²) in [6.07, 6.45) is 7.29. The minimum absolute atomic E-state index is 0.256. The Bertz CT molecular complexity index is 881. The number of carbonyl (C=O) groups excluding carboxylic acids is 2. The zero-order valence-corrected chi connectivity index (χ0v) is 16.5. The molecule has 7 nitrogen and oxygen atoms in total. The largest absolute Gasteiger partial charge is 0.449 e. The van der Waals surface area contributed by atoms with Crippen molar-refractivity contribution in [2.24, 2.45) is 5.92 Å². The molecule has 1 amide bonds. The van der Waals surface area contributed by atoms with Crippen molar-refractivity contribution in [3.63, 3.8) is 0 Å². The quantitative estimate of drug-likeness (QED) is 0.763. The van der Waals surface area contributed by atoms with Gasteiger partial charge in [0.15, 0.2) is 6.10 Å². The molecule has 2 aliphatic rings. The molecule has 1 N–H and O–H groups in total. The predicted molar refractivity (Wildman–Crippen MR) is 103 cm³/mol. The van der Waals surface area contributed by atoms with E-state index in [1.165, 1.54) is 19.3 Å². The van der Waals surface area contributed by atoms with E-state index in [0.717, 1.165) is 31.4 Å². The minimum atomic E-state index is -0.858. The summed E-state index contributed by atoms with van der Waals surface area (Å²) in [5, 5.41) is 7.42. The number of amides is 1. The van der Waals surface area contributed by atoms with Crippen LogP contribution in [0.1, 0.15) is 79.5 Å². The van der Waals surface area contributed by atoms with Crippen molar-refractivity contribution in [3.8, 4) is 0 Å². The highest BCUT2D eigenvalue weighted by atomic mass is 16.5. The van der Waals surface area contributed by atoms with Gasteiger partial charge in [-0.1, -0.05) is 24.4 Å². The van der Waals surface area contributed by atoms with Gasteiger partial charge in [-0.15, -0.1) is 0 Å². The molecule has 1 atom stereocenters. The molecule has 0 radical (unpaired) electrons. The average Bonchev–Trinajstić information content (AvgIpc) is 3.49. The summed E-state index contributed by atoms with van der Waals surface area (Å²) in [4.78, 5) is 29.7. The van der Waals surface area contributed by atoms with E-state index in [9.17, 15) is 9.59 Å². The number of aromatic nitrogens is 2. The van der Waals surface area contributed by atoms with Gasteiger partial charge in [-0.25, -0.2) is 9.78 Å². The van der Waals surface area contributed by atoms with Crippen LogP contribution in [0.5, 0.6) is 0 Å². The fraction of sp³-hybridized carbons (Fsp3) is 0.619. The number of esters is 1. The van der Waals surface area contributed by atoms with E-state index in [-0.39, 0.29) is 5.91 Å². The second-order valence-corrected chi connectivity index (χ2v) is 8.11. The molecule has 0 aromatic carbocycles. The number of ether oxygens (including phenoxy) is 1. The third-order valence-electron chi connectivity index (χ3n) is 5.80. The summed E-state index contributed by atoms with van der Waals surface area (Å²) < 4.78 is 10.7. The lowest BCUT2D eigenvalue weighted by Gasteiger charge is -2.22. The number of aryl methyl sites for hydroxylation is 1. The Morgan fingerprint density at radius 1 is 1.25 bits per heavy atom. The minimum Gasteiger partial charge on any atom is -0.449 e. The Hall–Kier alpha value is -2.44. The lowest BCUT2D eigenvalue weighted by Crippen LogP contribution is -2.38. The van der Waals surface area contributed by atoms with Gasteiger partial charge in [0.05, 0.1) is 16.6 Å². The monoisotopic (exact) mass is 385 g/mol. The molecule has 7 heteroatoms. The van der Waals surface area contributed by atoms with Gasteiger partial charge in [-0.3, -0.25) is 4.79 Å². The molecule has 4 rings (SSSR count). The van der Waals surface area contributed by atoms with Crippen LogP contribution in [0.3, 0.4) is 0 Å². The normalized spacial score (nSPS) is 18.8. The van der Waals surface area contributed by atoms with Gasteiger partial charge in [0.2, 0.25) is 0 Å². The first-order valence-corrected chi connectivity index (χ1v) is 10.3. The van der Waals surface area contributed by atoms with Crippen LogP contribution in [0.2, 0.25) is 0 Å².